The predicted octanol–water partition coefficient (Wildman–Crippen LogP) is 5.93. The zero-order valence-corrected chi connectivity index (χ0v) is 25.6. The van der Waals surface area contributed by atoms with Gasteiger partial charge in [-0.25, -0.2) is 17.8 Å². The van der Waals surface area contributed by atoms with Gasteiger partial charge in [-0.05, 0) is 73.6 Å². The summed E-state index contributed by atoms with van der Waals surface area (Å²) in [7, 11) is -3.73. The van der Waals surface area contributed by atoms with Crippen molar-refractivity contribution in [1.29, 1.82) is 0 Å². The molecular formula is C33H33ClFN5O3S. The number of fused-ring (bicyclic) bond motifs is 2. The summed E-state index contributed by atoms with van der Waals surface area (Å²) >= 11 is 6.23. The van der Waals surface area contributed by atoms with Crippen molar-refractivity contribution in [2.75, 3.05) is 31.1 Å². The number of nitrogens with one attached hydrogen (secondary N) is 1. The minimum absolute atomic E-state index is 0.0156. The van der Waals surface area contributed by atoms with E-state index in [0.717, 1.165) is 48.7 Å². The number of nitrogens with zero attached hydrogens (tertiary/aromatic N) is 4. The van der Waals surface area contributed by atoms with Crippen molar-refractivity contribution >= 4 is 33.2 Å². The van der Waals surface area contributed by atoms with Gasteiger partial charge in [0, 0.05) is 49.5 Å². The van der Waals surface area contributed by atoms with Gasteiger partial charge < -0.3 is 14.8 Å². The first-order valence-electron chi connectivity index (χ1n) is 15.0. The Morgan fingerprint density at radius 1 is 0.932 bits per heavy atom. The van der Waals surface area contributed by atoms with E-state index in [2.05, 4.69) is 27.0 Å². The van der Waals surface area contributed by atoms with Gasteiger partial charge in [0.1, 0.15) is 5.82 Å². The van der Waals surface area contributed by atoms with Crippen LogP contribution in [0.2, 0.25) is 5.02 Å². The molecule has 2 bridgehead atoms. The monoisotopic (exact) mass is 633 g/mol. The number of halogens is 2. The molecule has 1 aromatic heterocycles. The average Bonchev–Trinajstić information content (AvgIpc) is 3.67. The van der Waals surface area contributed by atoms with Crippen LogP contribution in [-0.2, 0) is 10.0 Å². The maximum Gasteiger partial charge on any atom is 0.255 e. The summed E-state index contributed by atoms with van der Waals surface area (Å²) in [4.78, 5) is 25.1. The predicted molar refractivity (Wildman–Crippen MR) is 168 cm³/mol. The third-order valence-corrected chi connectivity index (χ3v) is 11.5. The molecule has 7 rings (SSSR count). The number of sulfonamides is 1. The second kappa shape index (κ2) is 11.6. The Balaban J connectivity index is 1.16. The Morgan fingerprint density at radius 2 is 1.66 bits per heavy atom. The Hall–Kier alpha value is -3.73. The molecule has 2 atom stereocenters. The van der Waals surface area contributed by atoms with Crippen molar-refractivity contribution in [3.63, 3.8) is 0 Å². The van der Waals surface area contributed by atoms with Gasteiger partial charge in [0.2, 0.25) is 10.0 Å². The van der Waals surface area contributed by atoms with E-state index in [9.17, 15) is 17.6 Å². The Bertz CT molecular complexity index is 1760. The molecule has 1 amide bonds. The minimum Gasteiger partial charge on any atom is -0.361 e. The smallest absolute Gasteiger partial charge is 0.255 e. The van der Waals surface area contributed by atoms with Gasteiger partial charge in [0.15, 0.2) is 0 Å². The van der Waals surface area contributed by atoms with Gasteiger partial charge in [-0.3, -0.25) is 4.79 Å². The molecule has 4 heterocycles. The van der Waals surface area contributed by atoms with Crippen LogP contribution in [0, 0.1) is 5.82 Å². The second-order valence-corrected chi connectivity index (χ2v) is 14.2. The van der Waals surface area contributed by atoms with Crippen LogP contribution in [0.25, 0.3) is 11.3 Å². The lowest BCUT2D eigenvalue weighted by molar-refractivity contribution is 0.0718. The lowest BCUT2D eigenvalue weighted by Crippen LogP contribution is -2.55. The number of imidazole rings is 1. The van der Waals surface area contributed by atoms with Crippen molar-refractivity contribution in [3.8, 4) is 11.3 Å². The van der Waals surface area contributed by atoms with Crippen LogP contribution >= 0.6 is 11.6 Å². The van der Waals surface area contributed by atoms with Gasteiger partial charge >= 0.3 is 0 Å². The van der Waals surface area contributed by atoms with Crippen LogP contribution in [0.15, 0.2) is 84.1 Å². The zero-order chi connectivity index (χ0) is 30.4. The Kier molecular flexibility index (Phi) is 7.68. The number of carbonyl (C=O) groups is 1. The molecule has 8 nitrogen and oxygen atoms in total. The molecule has 3 saturated heterocycles. The number of hydrogen-bond acceptors (Lipinski definition) is 5. The molecule has 4 aromatic rings. The van der Waals surface area contributed by atoms with E-state index in [1.165, 1.54) is 17.7 Å². The largest absolute Gasteiger partial charge is 0.361 e. The van der Waals surface area contributed by atoms with E-state index in [-0.39, 0.29) is 33.5 Å². The van der Waals surface area contributed by atoms with E-state index in [1.54, 1.807) is 33.9 Å². The molecule has 44 heavy (non-hydrogen) atoms. The highest BCUT2D eigenvalue weighted by atomic mass is 35.5. The van der Waals surface area contributed by atoms with E-state index < -0.39 is 15.8 Å². The van der Waals surface area contributed by atoms with Crippen LogP contribution in [0.4, 0.5) is 10.1 Å². The summed E-state index contributed by atoms with van der Waals surface area (Å²) in [6.45, 7) is 1.85. The van der Waals surface area contributed by atoms with Crippen molar-refractivity contribution in [3.05, 3.63) is 101 Å². The first kappa shape index (κ1) is 29.0. The molecular weight excluding hydrogens is 601 g/mol. The normalized spacial score (nSPS) is 21.1. The van der Waals surface area contributed by atoms with Gasteiger partial charge in [-0.15, -0.1) is 0 Å². The number of piperidine rings is 1. The summed E-state index contributed by atoms with van der Waals surface area (Å²) in [5.41, 5.74) is 4.01. The highest BCUT2D eigenvalue weighted by Gasteiger charge is 2.43. The maximum absolute atomic E-state index is 14.0. The number of piperazine rings is 1. The number of amides is 1. The van der Waals surface area contributed by atoms with Crippen LogP contribution in [-0.4, -0.2) is 71.8 Å². The fraction of sp³-hybridized carbons (Fsp3) is 0.333. The van der Waals surface area contributed by atoms with Crippen molar-refractivity contribution in [1.82, 2.24) is 19.2 Å². The molecule has 3 aliphatic heterocycles. The number of benzene rings is 3. The van der Waals surface area contributed by atoms with Gasteiger partial charge in [-0.2, -0.15) is 4.31 Å². The molecule has 0 saturated carbocycles. The number of aromatic nitrogens is 2. The van der Waals surface area contributed by atoms with Crippen LogP contribution in [0.3, 0.4) is 0 Å². The summed E-state index contributed by atoms with van der Waals surface area (Å²) in [5.74, 6) is -0.367. The van der Waals surface area contributed by atoms with Crippen LogP contribution in [0.5, 0.6) is 0 Å². The first-order valence-corrected chi connectivity index (χ1v) is 16.8. The van der Waals surface area contributed by atoms with Crippen LogP contribution < -0.4 is 4.90 Å². The quantitative estimate of drug-likeness (QED) is 0.284. The van der Waals surface area contributed by atoms with Gasteiger partial charge in [0.25, 0.3) is 5.91 Å². The fourth-order valence-electron chi connectivity index (χ4n) is 7.12. The molecule has 3 fully saturated rings. The Labute approximate surface area is 261 Å². The zero-order valence-electron chi connectivity index (χ0n) is 24.1. The minimum atomic E-state index is -3.73. The number of H-pyrrole nitrogens is 1. The van der Waals surface area contributed by atoms with Crippen molar-refractivity contribution < 1.29 is 17.6 Å². The van der Waals surface area contributed by atoms with Crippen molar-refractivity contribution in [2.45, 2.75) is 48.6 Å². The third kappa shape index (κ3) is 5.29. The van der Waals surface area contributed by atoms with Gasteiger partial charge in [0.05, 0.1) is 33.7 Å². The molecule has 0 radical (unpaired) electrons. The summed E-state index contributed by atoms with van der Waals surface area (Å²) in [6.07, 6.45) is 6.62. The Morgan fingerprint density at radius 3 is 2.32 bits per heavy atom. The number of anilines is 1. The molecule has 11 heteroatoms. The van der Waals surface area contributed by atoms with E-state index in [1.807, 2.05) is 24.3 Å². The summed E-state index contributed by atoms with van der Waals surface area (Å²) < 4.78 is 43.2. The lowest BCUT2D eigenvalue weighted by Gasteiger charge is -2.43. The highest BCUT2D eigenvalue weighted by molar-refractivity contribution is 7.89. The third-order valence-electron chi connectivity index (χ3n) is 9.33. The number of likely N-dealkylation sites (tertiary alicyclic amines) is 1. The summed E-state index contributed by atoms with van der Waals surface area (Å²) in [6, 6.07) is 19.5. The van der Waals surface area contributed by atoms with E-state index in [4.69, 9.17) is 11.6 Å². The SMILES string of the molecule is O=C(c1ccc(F)cc1Cl)N1CC2CCC(C1)N2c1cc(S(=O)(=O)N2CCC(c3ccccc3)CC2)ccc1-c1cnc[nH]1. The molecule has 228 valence electrons. The lowest BCUT2D eigenvalue weighted by atomic mass is 9.90. The number of carbonyl (C=O) groups excluding carboxylic acids is 1. The van der Waals surface area contributed by atoms with Crippen molar-refractivity contribution in [2.24, 2.45) is 0 Å². The second-order valence-electron chi connectivity index (χ2n) is 11.9. The summed E-state index contributed by atoms with van der Waals surface area (Å²) in [5, 5.41) is 0.0945. The molecule has 0 spiro atoms. The number of hydrogen-bond donors (Lipinski definition) is 1. The molecule has 1 N–H and O–H groups in total. The van der Waals surface area contributed by atoms with E-state index in [0.29, 0.717) is 32.1 Å². The highest BCUT2D eigenvalue weighted by Crippen LogP contribution is 2.42. The van der Waals surface area contributed by atoms with E-state index >= 15 is 0 Å². The molecule has 0 aliphatic carbocycles. The number of aromatic amines is 1. The fourth-order valence-corrected chi connectivity index (χ4v) is 8.85. The maximum atomic E-state index is 14.0. The van der Waals surface area contributed by atoms with Crippen LogP contribution in [0.1, 0.15) is 47.5 Å². The standard InChI is InChI=1S/C33H33ClFN5O3S/c34-30-16-24(35)6-10-28(30)33(41)38-19-25-7-8-26(20-38)40(25)32-17-27(9-11-29(32)31-18-36-21-37-31)44(42,43)39-14-12-23(13-15-39)22-4-2-1-3-5-22/h1-6,9-11,16-18,21,23,25-26H,7-8,12-15,19-20H2,(H,36,37). The topological polar surface area (TPSA) is 89.6 Å². The number of rotatable bonds is 6. The first-order chi connectivity index (χ1) is 21.3. The molecule has 3 aliphatic rings. The molecule has 2 unspecified atom stereocenters. The van der Waals surface area contributed by atoms with Gasteiger partial charge in [-0.1, -0.05) is 41.9 Å². The average molecular weight is 634 g/mol. The molecule has 3 aromatic carbocycles.